The highest BCUT2D eigenvalue weighted by molar-refractivity contribution is 6.30. The van der Waals surface area contributed by atoms with Gasteiger partial charge in [-0.15, -0.1) is 0 Å². The molecular formula is C13H20ClN3O. The molecule has 0 aliphatic heterocycles. The van der Waals surface area contributed by atoms with Crippen LogP contribution in [0.3, 0.4) is 0 Å². The first-order valence-corrected chi connectivity index (χ1v) is 6.19. The van der Waals surface area contributed by atoms with E-state index in [0.29, 0.717) is 18.1 Å². The number of halogens is 1. The van der Waals surface area contributed by atoms with Crippen LogP contribution in [-0.4, -0.2) is 49.9 Å². The summed E-state index contributed by atoms with van der Waals surface area (Å²) < 4.78 is 0. The molecule has 0 radical (unpaired) electrons. The van der Waals surface area contributed by atoms with Gasteiger partial charge in [-0.05, 0) is 24.7 Å². The molecule has 1 atom stereocenters. The van der Waals surface area contributed by atoms with E-state index in [1.54, 1.807) is 19.0 Å². The molecule has 18 heavy (non-hydrogen) atoms. The molecule has 1 aromatic carbocycles. The van der Waals surface area contributed by atoms with E-state index in [-0.39, 0.29) is 11.9 Å². The van der Waals surface area contributed by atoms with Crippen LogP contribution in [0.2, 0.25) is 5.02 Å². The summed E-state index contributed by atoms with van der Waals surface area (Å²) in [7, 11) is 5.37. The molecule has 2 N–H and O–H groups in total. The Hall–Kier alpha value is -1.10. The number of nitrogens with two attached hydrogens (primary N) is 1. The number of benzene rings is 1. The number of rotatable bonds is 5. The van der Waals surface area contributed by atoms with Gasteiger partial charge >= 0.3 is 0 Å². The van der Waals surface area contributed by atoms with Gasteiger partial charge in [-0.25, -0.2) is 0 Å². The molecule has 1 rings (SSSR count). The lowest BCUT2D eigenvalue weighted by Crippen LogP contribution is -2.38. The van der Waals surface area contributed by atoms with Crippen molar-refractivity contribution in [3.05, 3.63) is 34.9 Å². The Balaban J connectivity index is 2.80. The lowest BCUT2D eigenvalue weighted by Gasteiger charge is -2.28. The fourth-order valence-corrected chi connectivity index (χ4v) is 1.95. The van der Waals surface area contributed by atoms with E-state index in [1.165, 1.54) is 0 Å². The van der Waals surface area contributed by atoms with Crippen molar-refractivity contribution in [2.24, 2.45) is 5.73 Å². The molecule has 100 valence electrons. The summed E-state index contributed by atoms with van der Waals surface area (Å²) >= 11 is 5.97. The average Bonchev–Trinajstić information content (AvgIpc) is 2.29. The van der Waals surface area contributed by atoms with Crippen molar-refractivity contribution in [1.82, 2.24) is 9.80 Å². The number of carbonyl (C=O) groups is 1. The summed E-state index contributed by atoms with van der Waals surface area (Å²) in [6.45, 7) is 0.777. The number of hydrogen-bond donors (Lipinski definition) is 1. The van der Waals surface area contributed by atoms with Crippen LogP contribution in [0.4, 0.5) is 0 Å². The molecule has 0 fully saturated rings. The first-order chi connectivity index (χ1) is 8.45. The molecular weight excluding hydrogens is 250 g/mol. The molecule has 0 saturated heterocycles. The van der Waals surface area contributed by atoms with Crippen LogP contribution in [-0.2, 0) is 4.79 Å². The Morgan fingerprint density at radius 3 is 2.56 bits per heavy atom. The van der Waals surface area contributed by atoms with Crippen LogP contribution in [0.15, 0.2) is 24.3 Å². The zero-order valence-electron chi connectivity index (χ0n) is 11.1. The van der Waals surface area contributed by atoms with E-state index < -0.39 is 0 Å². The molecule has 1 amide bonds. The smallest absolute Gasteiger partial charge is 0.236 e. The van der Waals surface area contributed by atoms with Crippen LogP contribution in [0.1, 0.15) is 11.6 Å². The third-order valence-corrected chi connectivity index (χ3v) is 3.11. The van der Waals surface area contributed by atoms with E-state index in [9.17, 15) is 4.79 Å². The average molecular weight is 270 g/mol. The van der Waals surface area contributed by atoms with Crippen LogP contribution < -0.4 is 5.73 Å². The van der Waals surface area contributed by atoms with Gasteiger partial charge in [-0.1, -0.05) is 23.7 Å². The van der Waals surface area contributed by atoms with Crippen LogP contribution in [0, 0.1) is 0 Å². The molecule has 4 nitrogen and oxygen atoms in total. The molecule has 1 aromatic rings. The maximum absolute atomic E-state index is 11.7. The van der Waals surface area contributed by atoms with Crippen LogP contribution in [0.5, 0.6) is 0 Å². The van der Waals surface area contributed by atoms with E-state index in [1.807, 2.05) is 36.2 Å². The summed E-state index contributed by atoms with van der Waals surface area (Å²) in [6, 6.07) is 7.56. The highest BCUT2D eigenvalue weighted by Crippen LogP contribution is 2.21. The highest BCUT2D eigenvalue weighted by atomic mass is 35.5. The molecule has 0 saturated carbocycles. The Morgan fingerprint density at radius 2 is 2.06 bits per heavy atom. The Morgan fingerprint density at radius 1 is 1.39 bits per heavy atom. The summed E-state index contributed by atoms with van der Waals surface area (Å²) in [6.07, 6.45) is 0. The lowest BCUT2D eigenvalue weighted by molar-refractivity contribution is -0.130. The normalized spacial score (nSPS) is 12.6. The summed E-state index contributed by atoms with van der Waals surface area (Å²) in [4.78, 5) is 15.2. The van der Waals surface area contributed by atoms with Gasteiger partial charge < -0.3 is 10.6 Å². The fourth-order valence-electron chi connectivity index (χ4n) is 1.75. The van der Waals surface area contributed by atoms with Gasteiger partial charge in [-0.2, -0.15) is 0 Å². The predicted octanol–water partition coefficient (Wildman–Crippen LogP) is 1.36. The van der Waals surface area contributed by atoms with Crippen molar-refractivity contribution in [2.45, 2.75) is 6.04 Å². The van der Waals surface area contributed by atoms with Gasteiger partial charge in [0, 0.05) is 31.7 Å². The minimum atomic E-state index is -0.00685. The maximum Gasteiger partial charge on any atom is 0.236 e. The zero-order chi connectivity index (χ0) is 13.7. The standard InChI is InChI=1S/C13H20ClN3O/c1-16(2)13(18)9-17(3)12(8-15)10-5-4-6-11(14)7-10/h4-7,12H,8-9,15H2,1-3H3. The van der Waals surface area contributed by atoms with E-state index >= 15 is 0 Å². The second-order valence-corrected chi connectivity index (χ2v) is 4.95. The first-order valence-electron chi connectivity index (χ1n) is 5.81. The lowest BCUT2D eigenvalue weighted by atomic mass is 10.1. The summed E-state index contributed by atoms with van der Waals surface area (Å²) in [5.74, 6) is 0.0537. The van der Waals surface area contributed by atoms with Crippen molar-refractivity contribution in [2.75, 3.05) is 34.2 Å². The molecule has 1 unspecified atom stereocenters. The highest BCUT2D eigenvalue weighted by Gasteiger charge is 2.18. The van der Waals surface area contributed by atoms with Gasteiger partial charge in [-0.3, -0.25) is 9.69 Å². The van der Waals surface area contributed by atoms with Gasteiger partial charge in [0.15, 0.2) is 0 Å². The molecule has 0 spiro atoms. The SMILES string of the molecule is CN(C)C(=O)CN(C)C(CN)c1cccc(Cl)c1. The Labute approximate surface area is 113 Å². The van der Waals surface area contributed by atoms with Crippen molar-refractivity contribution in [1.29, 1.82) is 0 Å². The Kier molecular flexibility index (Phi) is 5.59. The third kappa shape index (κ3) is 3.98. The van der Waals surface area contributed by atoms with Gasteiger partial charge in [0.25, 0.3) is 0 Å². The maximum atomic E-state index is 11.7. The fraction of sp³-hybridized carbons (Fsp3) is 0.462. The summed E-state index contributed by atoms with van der Waals surface area (Å²) in [5.41, 5.74) is 6.82. The number of likely N-dealkylation sites (N-methyl/N-ethyl adjacent to an activating group) is 2. The van der Waals surface area contributed by atoms with E-state index in [2.05, 4.69) is 0 Å². The van der Waals surface area contributed by atoms with E-state index in [4.69, 9.17) is 17.3 Å². The number of nitrogens with zero attached hydrogens (tertiary/aromatic N) is 2. The second kappa shape index (κ2) is 6.73. The largest absolute Gasteiger partial charge is 0.348 e. The molecule has 5 heteroatoms. The topological polar surface area (TPSA) is 49.6 Å². The minimum Gasteiger partial charge on any atom is -0.348 e. The zero-order valence-corrected chi connectivity index (χ0v) is 11.8. The van der Waals surface area contributed by atoms with Gasteiger partial charge in [0.2, 0.25) is 5.91 Å². The number of carbonyl (C=O) groups excluding carboxylic acids is 1. The van der Waals surface area contributed by atoms with Gasteiger partial charge in [0.05, 0.1) is 6.54 Å². The molecule has 0 aliphatic rings. The molecule has 0 aromatic heterocycles. The summed E-state index contributed by atoms with van der Waals surface area (Å²) in [5, 5.41) is 0.679. The van der Waals surface area contributed by atoms with Crippen LogP contribution in [0.25, 0.3) is 0 Å². The van der Waals surface area contributed by atoms with E-state index in [0.717, 1.165) is 5.56 Å². The Bertz CT molecular complexity index is 409. The van der Waals surface area contributed by atoms with Crippen molar-refractivity contribution in [3.8, 4) is 0 Å². The van der Waals surface area contributed by atoms with Gasteiger partial charge in [0.1, 0.15) is 0 Å². The molecule has 0 heterocycles. The van der Waals surface area contributed by atoms with Crippen molar-refractivity contribution in [3.63, 3.8) is 0 Å². The van der Waals surface area contributed by atoms with Crippen molar-refractivity contribution < 1.29 is 4.79 Å². The van der Waals surface area contributed by atoms with Crippen molar-refractivity contribution >= 4 is 17.5 Å². The quantitative estimate of drug-likeness (QED) is 0.878. The molecule has 0 aliphatic carbocycles. The second-order valence-electron chi connectivity index (χ2n) is 4.51. The molecule has 0 bridgehead atoms. The monoisotopic (exact) mass is 269 g/mol. The number of amides is 1. The first kappa shape index (κ1) is 15.0. The third-order valence-electron chi connectivity index (χ3n) is 2.87. The predicted molar refractivity (Wildman–Crippen MR) is 74.6 cm³/mol. The minimum absolute atomic E-state index is 0.00685. The van der Waals surface area contributed by atoms with Crippen LogP contribution >= 0.6 is 11.6 Å². The number of hydrogen-bond acceptors (Lipinski definition) is 3.